The van der Waals surface area contributed by atoms with Crippen molar-refractivity contribution >= 4 is 16.1 Å². The van der Waals surface area contributed by atoms with Gasteiger partial charge in [0, 0.05) is 0 Å². The standard InChI is InChI=1S/C27H34O5S/c1-27(2,3)21-14-12-20(13-15-21)26(28)32-22-16-23(18-8-4-5-9-18)25(33(29,30)31)24(17-22)19-10-6-7-11-19/h12-19H,4-11H2,1-3H3,(H,29,30,31)/p-1. The number of hydrogen-bond donors (Lipinski definition) is 0. The molecule has 2 aliphatic carbocycles. The van der Waals surface area contributed by atoms with Crippen LogP contribution >= 0.6 is 0 Å². The SMILES string of the molecule is CC(C)(C)c1ccc(C(=O)Oc2cc(C3CCCC3)c(S(=O)(=O)[O-])c(C3CCCC3)c2)cc1. The van der Waals surface area contributed by atoms with Crippen molar-refractivity contribution in [2.24, 2.45) is 0 Å². The topological polar surface area (TPSA) is 83.5 Å². The van der Waals surface area contributed by atoms with Gasteiger partial charge in [-0.2, -0.15) is 0 Å². The third-order valence-corrected chi connectivity index (χ3v) is 8.13. The summed E-state index contributed by atoms with van der Waals surface area (Å²) in [4.78, 5) is 12.9. The number of carbonyl (C=O) groups is 1. The predicted octanol–water partition coefficient (Wildman–Crippen LogP) is 6.42. The highest BCUT2D eigenvalue weighted by molar-refractivity contribution is 7.85. The van der Waals surface area contributed by atoms with E-state index in [1.54, 1.807) is 24.3 Å². The van der Waals surface area contributed by atoms with E-state index in [2.05, 4.69) is 20.8 Å². The monoisotopic (exact) mass is 469 g/mol. The van der Waals surface area contributed by atoms with Gasteiger partial charge in [0.2, 0.25) is 0 Å². The number of esters is 1. The third kappa shape index (κ3) is 5.33. The van der Waals surface area contributed by atoms with Crippen LogP contribution in [-0.4, -0.2) is 18.9 Å². The van der Waals surface area contributed by atoms with Gasteiger partial charge in [-0.3, -0.25) is 0 Å². The first-order chi connectivity index (χ1) is 15.5. The fraction of sp³-hybridized carbons (Fsp3) is 0.519. The maximum Gasteiger partial charge on any atom is 0.343 e. The van der Waals surface area contributed by atoms with Crippen LogP contribution < -0.4 is 4.74 Å². The summed E-state index contributed by atoms with van der Waals surface area (Å²) in [6.45, 7) is 6.34. The van der Waals surface area contributed by atoms with Crippen molar-refractivity contribution in [3.8, 4) is 5.75 Å². The van der Waals surface area contributed by atoms with Crippen LogP contribution in [0.5, 0.6) is 5.75 Å². The molecule has 4 rings (SSSR count). The van der Waals surface area contributed by atoms with Crippen LogP contribution in [0.4, 0.5) is 0 Å². The quantitative estimate of drug-likeness (QED) is 0.286. The average Bonchev–Trinajstić information content (AvgIpc) is 3.46. The Kier molecular flexibility index (Phi) is 6.70. The van der Waals surface area contributed by atoms with E-state index in [1.807, 2.05) is 12.1 Å². The Hall–Kier alpha value is -2.18. The molecule has 2 aliphatic rings. The maximum absolute atomic E-state index is 12.9. The minimum Gasteiger partial charge on any atom is -0.744 e. The number of benzene rings is 2. The van der Waals surface area contributed by atoms with Gasteiger partial charge in [0.1, 0.15) is 15.9 Å². The average molecular weight is 470 g/mol. The molecule has 0 heterocycles. The highest BCUT2D eigenvalue weighted by Crippen LogP contribution is 2.45. The van der Waals surface area contributed by atoms with Crippen molar-refractivity contribution in [1.82, 2.24) is 0 Å². The molecule has 0 amide bonds. The van der Waals surface area contributed by atoms with Crippen LogP contribution in [0.15, 0.2) is 41.3 Å². The Bertz CT molecular complexity index is 1080. The molecule has 33 heavy (non-hydrogen) atoms. The molecule has 0 N–H and O–H groups in total. The predicted molar refractivity (Wildman–Crippen MR) is 127 cm³/mol. The molecule has 2 fully saturated rings. The second kappa shape index (κ2) is 9.22. The lowest BCUT2D eigenvalue weighted by atomic mass is 9.87. The van der Waals surface area contributed by atoms with E-state index in [9.17, 15) is 17.8 Å². The molecule has 0 aliphatic heterocycles. The second-order valence-corrected chi connectivity index (χ2v) is 11.9. The number of carbonyl (C=O) groups excluding carboxylic acids is 1. The summed E-state index contributed by atoms with van der Waals surface area (Å²) >= 11 is 0. The molecular formula is C27H33O5S-. The molecule has 2 aromatic rings. The highest BCUT2D eigenvalue weighted by Gasteiger charge is 2.30. The largest absolute Gasteiger partial charge is 0.744 e. The van der Waals surface area contributed by atoms with Crippen molar-refractivity contribution < 1.29 is 22.5 Å². The van der Waals surface area contributed by atoms with Crippen molar-refractivity contribution in [3.05, 3.63) is 58.7 Å². The van der Waals surface area contributed by atoms with Crippen LogP contribution in [-0.2, 0) is 15.5 Å². The van der Waals surface area contributed by atoms with Gasteiger partial charge in [-0.15, -0.1) is 0 Å². The number of hydrogen-bond acceptors (Lipinski definition) is 5. The zero-order valence-electron chi connectivity index (χ0n) is 19.7. The van der Waals surface area contributed by atoms with Crippen molar-refractivity contribution in [3.63, 3.8) is 0 Å². The van der Waals surface area contributed by atoms with E-state index in [1.165, 1.54) is 0 Å². The molecule has 0 saturated heterocycles. The summed E-state index contributed by atoms with van der Waals surface area (Å²) in [6, 6.07) is 10.6. The van der Waals surface area contributed by atoms with Crippen LogP contribution in [0.1, 0.15) is 111 Å². The van der Waals surface area contributed by atoms with Crippen LogP contribution in [0.3, 0.4) is 0 Å². The summed E-state index contributed by atoms with van der Waals surface area (Å²) < 4.78 is 42.9. The molecule has 0 unspecified atom stereocenters. The maximum atomic E-state index is 12.9. The minimum absolute atomic E-state index is 0.00796. The normalized spacial score (nSPS) is 18.1. The zero-order valence-corrected chi connectivity index (χ0v) is 20.5. The molecule has 2 saturated carbocycles. The molecule has 2 aromatic carbocycles. The van der Waals surface area contributed by atoms with E-state index in [-0.39, 0.29) is 22.1 Å². The molecule has 178 valence electrons. The Labute approximate surface area is 197 Å². The first-order valence-electron chi connectivity index (χ1n) is 12.0. The van der Waals surface area contributed by atoms with Crippen LogP contribution in [0, 0.1) is 0 Å². The fourth-order valence-corrected chi connectivity index (χ4v) is 6.37. The van der Waals surface area contributed by atoms with Gasteiger partial charge < -0.3 is 9.29 Å². The zero-order chi connectivity index (χ0) is 23.8. The van der Waals surface area contributed by atoms with Crippen molar-refractivity contribution in [2.45, 2.75) is 94.3 Å². The first kappa shape index (κ1) is 24.0. The summed E-state index contributed by atoms with van der Waals surface area (Å²) in [5.41, 5.74) is 2.62. The van der Waals surface area contributed by atoms with Gasteiger partial charge in [-0.1, -0.05) is 58.6 Å². The van der Waals surface area contributed by atoms with Gasteiger partial charge >= 0.3 is 5.97 Å². The van der Waals surface area contributed by atoms with Gasteiger partial charge in [-0.05, 0) is 83.9 Å². The number of ether oxygens (including phenoxy) is 1. The van der Waals surface area contributed by atoms with Gasteiger partial charge in [-0.25, -0.2) is 13.2 Å². The van der Waals surface area contributed by atoms with Gasteiger partial charge in [0.15, 0.2) is 0 Å². The lowest BCUT2D eigenvalue weighted by Crippen LogP contribution is -2.15. The fourth-order valence-electron chi connectivity index (χ4n) is 5.35. The molecule has 0 radical (unpaired) electrons. The molecule has 0 bridgehead atoms. The third-order valence-electron chi connectivity index (χ3n) is 7.16. The van der Waals surface area contributed by atoms with Crippen molar-refractivity contribution in [1.29, 1.82) is 0 Å². The Balaban J connectivity index is 1.73. The van der Waals surface area contributed by atoms with E-state index < -0.39 is 16.1 Å². The number of rotatable bonds is 5. The molecule has 0 atom stereocenters. The van der Waals surface area contributed by atoms with E-state index in [4.69, 9.17) is 4.74 Å². The highest BCUT2D eigenvalue weighted by atomic mass is 32.2. The molecule has 0 aromatic heterocycles. The lowest BCUT2D eigenvalue weighted by molar-refractivity contribution is 0.0734. The summed E-state index contributed by atoms with van der Waals surface area (Å²) in [6.07, 6.45) is 7.41. The second-order valence-electron chi connectivity index (χ2n) is 10.6. The van der Waals surface area contributed by atoms with E-state index in [0.717, 1.165) is 56.9 Å². The smallest absolute Gasteiger partial charge is 0.343 e. The van der Waals surface area contributed by atoms with E-state index in [0.29, 0.717) is 22.4 Å². The minimum atomic E-state index is -4.65. The Morgan fingerprint density at radius 2 is 1.33 bits per heavy atom. The molecule has 5 nitrogen and oxygen atoms in total. The molecule has 6 heteroatoms. The summed E-state index contributed by atoms with van der Waals surface area (Å²) in [5, 5.41) is 0. The first-order valence-corrected chi connectivity index (χ1v) is 13.4. The molecule has 0 spiro atoms. The van der Waals surface area contributed by atoms with E-state index >= 15 is 0 Å². The Morgan fingerprint density at radius 1 is 0.879 bits per heavy atom. The van der Waals surface area contributed by atoms with Gasteiger partial charge in [0.05, 0.1) is 10.5 Å². The van der Waals surface area contributed by atoms with Crippen molar-refractivity contribution in [2.75, 3.05) is 0 Å². The van der Waals surface area contributed by atoms with Crippen LogP contribution in [0.25, 0.3) is 0 Å². The lowest BCUT2D eigenvalue weighted by Gasteiger charge is -2.25. The summed E-state index contributed by atoms with van der Waals surface area (Å²) in [5.74, 6) is -0.138. The Morgan fingerprint density at radius 3 is 1.73 bits per heavy atom. The summed E-state index contributed by atoms with van der Waals surface area (Å²) in [7, 11) is -4.65. The van der Waals surface area contributed by atoms with Crippen LogP contribution in [0.2, 0.25) is 0 Å². The molecular weight excluding hydrogens is 436 g/mol. The van der Waals surface area contributed by atoms with Gasteiger partial charge in [0.25, 0.3) is 0 Å².